The summed E-state index contributed by atoms with van der Waals surface area (Å²) in [5, 5.41) is 3.86. The fourth-order valence-corrected chi connectivity index (χ4v) is 2.88. The Morgan fingerprint density at radius 3 is 2.80 bits per heavy atom. The van der Waals surface area contributed by atoms with E-state index >= 15 is 0 Å². The highest BCUT2D eigenvalue weighted by Crippen LogP contribution is 2.05. The predicted octanol–water partition coefficient (Wildman–Crippen LogP) is 0.906. The number of nitrogens with one attached hydrogen (secondary N) is 1. The summed E-state index contributed by atoms with van der Waals surface area (Å²) in [6.07, 6.45) is 1.37. The van der Waals surface area contributed by atoms with Crippen molar-refractivity contribution in [1.82, 2.24) is 4.72 Å². The molecule has 0 bridgehead atoms. The van der Waals surface area contributed by atoms with Gasteiger partial charge in [0.05, 0.1) is 5.75 Å². The van der Waals surface area contributed by atoms with Gasteiger partial charge < -0.3 is 5.73 Å². The number of nitrogens with two attached hydrogens (primary N) is 1. The van der Waals surface area contributed by atoms with Crippen LogP contribution in [-0.4, -0.2) is 20.7 Å². The number of hydrogen-bond donors (Lipinski definition) is 2. The maximum Gasteiger partial charge on any atom is 0.211 e. The van der Waals surface area contributed by atoms with E-state index in [4.69, 9.17) is 5.73 Å². The number of unbranched alkanes of at least 4 members (excludes halogenated alkanes) is 1. The lowest BCUT2D eigenvalue weighted by Gasteiger charge is -2.04. The van der Waals surface area contributed by atoms with Gasteiger partial charge in [-0.2, -0.15) is 11.3 Å². The summed E-state index contributed by atoms with van der Waals surface area (Å²) in [7, 11) is -3.13. The highest BCUT2D eigenvalue weighted by Gasteiger charge is 2.08. The molecule has 15 heavy (non-hydrogen) atoms. The quantitative estimate of drug-likeness (QED) is 0.704. The molecule has 0 atom stereocenters. The van der Waals surface area contributed by atoms with Crippen molar-refractivity contribution in [1.29, 1.82) is 0 Å². The van der Waals surface area contributed by atoms with Crippen LogP contribution in [0.3, 0.4) is 0 Å². The summed E-state index contributed by atoms with van der Waals surface area (Å²) >= 11 is 1.56. The molecular weight excluding hydrogens is 232 g/mol. The van der Waals surface area contributed by atoms with Crippen molar-refractivity contribution in [2.45, 2.75) is 19.4 Å². The van der Waals surface area contributed by atoms with Crippen LogP contribution in [0.1, 0.15) is 18.4 Å². The van der Waals surface area contributed by atoms with E-state index in [0.717, 1.165) is 12.0 Å². The van der Waals surface area contributed by atoms with Crippen molar-refractivity contribution in [2.75, 3.05) is 12.3 Å². The normalized spacial score (nSPS) is 11.8. The Hall–Kier alpha value is -0.430. The van der Waals surface area contributed by atoms with Crippen molar-refractivity contribution in [2.24, 2.45) is 5.73 Å². The third-order valence-electron chi connectivity index (χ3n) is 1.94. The van der Waals surface area contributed by atoms with Crippen LogP contribution in [0.15, 0.2) is 16.8 Å². The van der Waals surface area contributed by atoms with Crippen molar-refractivity contribution in [3.05, 3.63) is 22.4 Å². The Morgan fingerprint density at radius 1 is 1.40 bits per heavy atom. The minimum atomic E-state index is -3.13. The minimum absolute atomic E-state index is 0.161. The van der Waals surface area contributed by atoms with E-state index in [-0.39, 0.29) is 5.75 Å². The molecule has 0 amide bonds. The standard InChI is InChI=1S/C9H16N2O2S2/c10-4-1-2-6-15(12,13)11-7-9-3-5-14-8-9/h3,5,8,11H,1-2,4,6-7,10H2. The van der Waals surface area contributed by atoms with Crippen LogP contribution in [-0.2, 0) is 16.6 Å². The van der Waals surface area contributed by atoms with Crippen LogP contribution in [0.2, 0.25) is 0 Å². The van der Waals surface area contributed by atoms with Gasteiger partial charge in [-0.05, 0) is 41.8 Å². The molecule has 1 aromatic rings. The molecule has 4 nitrogen and oxygen atoms in total. The molecule has 0 aromatic carbocycles. The molecule has 0 unspecified atom stereocenters. The fraction of sp³-hybridized carbons (Fsp3) is 0.556. The second kappa shape index (κ2) is 6.22. The minimum Gasteiger partial charge on any atom is -0.330 e. The molecule has 6 heteroatoms. The van der Waals surface area contributed by atoms with Gasteiger partial charge in [0.15, 0.2) is 0 Å². The first kappa shape index (κ1) is 12.6. The van der Waals surface area contributed by atoms with E-state index in [1.54, 1.807) is 11.3 Å². The summed E-state index contributed by atoms with van der Waals surface area (Å²) < 4.78 is 25.5. The van der Waals surface area contributed by atoms with Gasteiger partial charge in [0.25, 0.3) is 0 Å². The van der Waals surface area contributed by atoms with Gasteiger partial charge in [0, 0.05) is 6.54 Å². The number of sulfonamides is 1. The van der Waals surface area contributed by atoms with Gasteiger partial charge in [-0.3, -0.25) is 0 Å². The first-order valence-corrected chi connectivity index (χ1v) is 7.42. The summed E-state index contributed by atoms with van der Waals surface area (Å²) in [5.41, 5.74) is 6.30. The van der Waals surface area contributed by atoms with Crippen LogP contribution in [0.25, 0.3) is 0 Å². The van der Waals surface area contributed by atoms with Gasteiger partial charge in [0.2, 0.25) is 10.0 Å². The van der Waals surface area contributed by atoms with Gasteiger partial charge in [-0.25, -0.2) is 13.1 Å². The van der Waals surface area contributed by atoms with Crippen molar-refractivity contribution in [3.63, 3.8) is 0 Å². The van der Waals surface area contributed by atoms with Crippen LogP contribution in [0.5, 0.6) is 0 Å². The number of hydrogen-bond acceptors (Lipinski definition) is 4. The molecule has 0 saturated carbocycles. The Labute approximate surface area is 94.5 Å². The molecule has 0 aliphatic rings. The lowest BCUT2D eigenvalue weighted by molar-refractivity contribution is 0.577. The lowest BCUT2D eigenvalue weighted by atomic mass is 10.3. The van der Waals surface area contributed by atoms with E-state index < -0.39 is 10.0 Å². The van der Waals surface area contributed by atoms with E-state index in [1.807, 2.05) is 16.8 Å². The predicted molar refractivity (Wildman–Crippen MR) is 63.2 cm³/mol. The molecule has 86 valence electrons. The maximum atomic E-state index is 11.5. The highest BCUT2D eigenvalue weighted by atomic mass is 32.2. The third-order valence-corrected chi connectivity index (χ3v) is 4.09. The second-order valence-corrected chi connectivity index (χ2v) is 5.97. The molecular formula is C9H16N2O2S2. The fourth-order valence-electron chi connectivity index (χ4n) is 1.10. The second-order valence-electron chi connectivity index (χ2n) is 3.27. The molecule has 0 saturated heterocycles. The van der Waals surface area contributed by atoms with Crippen molar-refractivity contribution in [3.8, 4) is 0 Å². The summed E-state index contributed by atoms with van der Waals surface area (Å²) in [4.78, 5) is 0. The molecule has 0 aliphatic heterocycles. The summed E-state index contributed by atoms with van der Waals surface area (Å²) in [6, 6.07) is 1.91. The molecule has 1 aromatic heterocycles. The zero-order valence-electron chi connectivity index (χ0n) is 8.48. The SMILES string of the molecule is NCCCCS(=O)(=O)NCc1ccsc1. The topological polar surface area (TPSA) is 72.2 Å². The highest BCUT2D eigenvalue weighted by molar-refractivity contribution is 7.89. The zero-order valence-corrected chi connectivity index (χ0v) is 10.1. The molecule has 0 spiro atoms. The van der Waals surface area contributed by atoms with Gasteiger partial charge in [-0.15, -0.1) is 0 Å². The Kier molecular flexibility index (Phi) is 5.24. The number of thiophene rings is 1. The van der Waals surface area contributed by atoms with Crippen molar-refractivity contribution >= 4 is 21.4 Å². The Bertz CT molecular complexity index is 359. The smallest absolute Gasteiger partial charge is 0.211 e. The van der Waals surface area contributed by atoms with Gasteiger partial charge in [-0.1, -0.05) is 0 Å². The average molecular weight is 248 g/mol. The molecule has 1 rings (SSSR count). The summed E-state index contributed by atoms with van der Waals surface area (Å²) in [5.74, 6) is 0.161. The monoisotopic (exact) mass is 248 g/mol. The molecule has 0 fully saturated rings. The van der Waals surface area contributed by atoms with Gasteiger partial charge in [0.1, 0.15) is 0 Å². The molecule has 3 N–H and O–H groups in total. The molecule has 0 radical (unpaired) electrons. The first-order valence-electron chi connectivity index (χ1n) is 4.82. The van der Waals surface area contributed by atoms with Crippen LogP contribution in [0.4, 0.5) is 0 Å². The van der Waals surface area contributed by atoms with Crippen LogP contribution >= 0.6 is 11.3 Å². The van der Waals surface area contributed by atoms with Crippen LogP contribution < -0.4 is 10.5 Å². The maximum absolute atomic E-state index is 11.5. The average Bonchev–Trinajstić information content (AvgIpc) is 2.68. The van der Waals surface area contributed by atoms with Crippen LogP contribution in [0, 0.1) is 0 Å². The van der Waals surface area contributed by atoms with Crippen molar-refractivity contribution < 1.29 is 8.42 Å². The molecule has 0 aliphatic carbocycles. The summed E-state index contributed by atoms with van der Waals surface area (Å²) in [6.45, 7) is 0.925. The zero-order chi connectivity index (χ0) is 11.1. The van der Waals surface area contributed by atoms with E-state index in [1.165, 1.54) is 0 Å². The first-order chi connectivity index (χ1) is 7.14. The Balaban J connectivity index is 2.30. The third kappa shape index (κ3) is 5.27. The molecule has 1 heterocycles. The van der Waals surface area contributed by atoms with E-state index in [9.17, 15) is 8.42 Å². The number of rotatable bonds is 7. The lowest BCUT2D eigenvalue weighted by Crippen LogP contribution is -2.26. The largest absolute Gasteiger partial charge is 0.330 e. The van der Waals surface area contributed by atoms with E-state index in [2.05, 4.69) is 4.72 Å². The van der Waals surface area contributed by atoms with Gasteiger partial charge >= 0.3 is 0 Å². The van der Waals surface area contributed by atoms with E-state index in [0.29, 0.717) is 19.5 Å². The Morgan fingerprint density at radius 2 is 2.20 bits per heavy atom.